The molecule has 1 aromatic heterocycles. The first-order chi connectivity index (χ1) is 7.58. The zero-order valence-electron chi connectivity index (χ0n) is 10.1. The quantitative estimate of drug-likeness (QED) is 0.831. The number of rotatable bonds is 5. The highest BCUT2D eigenvalue weighted by atomic mass is 16.5. The zero-order chi connectivity index (χ0) is 12.0. The predicted molar refractivity (Wildman–Crippen MR) is 65.3 cm³/mol. The number of nitrogens with zero attached hydrogens (tertiary/aromatic N) is 1. The van der Waals surface area contributed by atoms with E-state index in [2.05, 4.69) is 4.98 Å². The van der Waals surface area contributed by atoms with Gasteiger partial charge in [0.1, 0.15) is 5.75 Å². The third-order valence-corrected chi connectivity index (χ3v) is 1.89. The Morgan fingerprint density at radius 1 is 1.38 bits per heavy atom. The number of pyridine rings is 1. The Balaban J connectivity index is 2.63. The molecule has 0 aromatic carbocycles. The fourth-order valence-electron chi connectivity index (χ4n) is 1.26. The Morgan fingerprint density at radius 3 is 2.75 bits per heavy atom. The number of hydrogen-bond donors (Lipinski definition) is 1. The predicted octanol–water partition coefficient (Wildman–Crippen LogP) is 2.65. The molecular weight excluding hydrogens is 202 g/mol. The number of ether oxygens (including phenoxy) is 1. The third kappa shape index (κ3) is 4.94. The van der Waals surface area contributed by atoms with Crippen molar-refractivity contribution in [2.75, 3.05) is 0 Å². The second kappa shape index (κ2) is 6.28. The van der Waals surface area contributed by atoms with Crippen molar-refractivity contribution in [2.24, 2.45) is 0 Å². The lowest BCUT2D eigenvalue weighted by Crippen LogP contribution is -2.05. The summed E-state index contributed by atoms with van der Waals surface area (Å²) in [6, 6.07) is 1.94. The molecule has 1 N–H and O–H groups in total. The Morgan fingerprint density at radius 2 is 2.12 bits per heavy atom. The molecule has 0 fully saturated rings. The summed E-state index contributed by atoms with van der Waals surface area (Å²) < 4.78 is 5.54. The van der Waals surface area contributed by atoms with Crippen molar-refractivity contribution in [3.63, 3.8) is 0 Å². The average Bonchev–Trinajstić information content (AvgIpc) is 2.16. The number of aliphatic hydroxyl groups excluding tert-OH is 1. The first-order valence-electron chi connectivity index (χ1n) is 5.54. The molecular formula is C13H19NO2. The van der Waals surface area contributed by atoms with E-state index in [0.717, 1.165) is 11.3 Å². The zero-order valence-corrected chi connectivity index (χ0v) is 10.1. The number of hydrogen-bond acceptors (Lipinski definition) is 3. The standard InChI is InChI=1S/C13H19NO2/c1-10(2)16-13-7-12(8-14-9-13)6-4-5-11(3)15/h4,6-11,15H,5H2,1-3H3/b6-4+/t11-/m0/s1. The minimum Gasteiger partial charge on any atom is -0.489 e. The maximum Gasteiger partial charge on any atom is 0.138 e. The van der Waals surface area contributed by atoms with Crippen LogP contribution in [0.15, 0.2) is 24.5 Å². The summed E-state index contributed by atoms with van der Waals surface area (Å²) in [5.74, 6) is 0.772. The molecule has 0 amide bonds. The molecule has 0 aliphatic heterocycles. The lowest BCUT2D eigenvalue weighted by Gasteiger charge is -2.09. The second-order valence-electron chi connectivity index (χ2n) is 4.11. The smallest absolute Gasteiger partial charge is 0.138 e. The van der Waals surface area contributed by atoms with Gasteiger partial charge in [-0.2, -0.15) is 0 Å². The molecule has 16 heavy (non-hydrogen) atoms. The van der Waals surface area contributed by atoms with E-state index in [-0.39, 0.29) is 12.2 Å². The van der Waals surface area contributed by atoms with Gasteiger partial charge in [0.15, 0.2) is 0 Å². The van der Waals surface area contributed by atoms with Crippen LogP contribution in [0.5, 0.6) is 5.75 Å². The minimum absolute atomic E-state index is 0.151. The molecule has 0 aliphatic rings. The molecule has 0 bridgehead atoms. The van der Waals surface area contributed by atoms with Gasteiger partial charge < -0.3 is 9.84 Å². The van der Waals surface area contributed by atoms with E-state index in [1.807, 2.05) is 32.1 Å². The van der Waals surface area contributed by atoms with Crippen LogP contribution in [0.2, 0.25) is 0 Å². The maximum atomic E-state index is 9.11. The Kier molecular flexibility index (Phi) is 4.99. The molecule has 1 aromatic rings. The summed E-state index contributed by atoms with van der Waals surface area (Å²) in [6.45, 7) is 5.73. The van der Waals surface area contributed by atoms with Crippen LogP contribution in [0.1, 0.15) is 32.8 Å². The first-order valence-corrected chi connectivity index (χ1v) is 5.54. The Hall–Kier alpha value is -1.35. The van der Waals surface area contributed by atoms with Crippen LogP contribution in [0.3, 0.4) is 0 Å². The second-order valence-corrected chi connectivity index (χ2v) is 4.11. The normalized spacial score (nSPS) is 13.3. The van der Waals surface area contributed by atoms with E-state index in [4.69, 9.17) is 9.84 Å². The molecule has 0 aliphatic carbocycles. The molecule has 0 saturated heterocycles. The van der Waals surface area contributed by atoms with Gasteiger partial charge >= 0.3 is 0 Å². The molecule has 0 unspecified atom stereocenters. The van der Waals surface area contributed by atoms with Crippen molar-refractivity contribution in [3.8, 4) is 5.75 Å². The van der Waals surface area contributed by atoms with Crippen LogP contribution in [-0.4, -0.2) is 22.3 Å². The maximum absolute atomic E-state index is 9.11. The minimum atomic E-state index is -0.306. The average molecular weight is 221 g/mol. The van der Waals surface area contributed by atoms with E-state index in [1.165, 1.54) is 0 Å². The van der Waals surface area contributed by atoms with Crippen LogP contribution < -0.4 is 4.74 Å². The fourth-order valence-corrected chi connectivity index (χ4v) is 1.26. The van der Waals surface area contributed by atoms with E-state index >= 15 is 0 Å². The van der Waals surface area contributed by atoms with Gasteiger partial charge in [-0.15, -0.1) is 0 Å². The van der Waals surface area contributed by atoms with Crippen LogP contribution in [-0.2, 0) is 0 Å². The van der Waals surface area contributed by atoms with Crippen molar-refractivity contribution in [1.29, 1.82) is 0 Å². The highest BCUT2D eigenvalue weighted by Gasteiger charge is 1.98. The lowest BCUT2D eigenvalue weighted by atomic mass is 10.2. The SMILES string of the molecule is CC(C)Oc1cncc(/C=C/C[C@H](C)O)c1. The van der Waals surface area contributed by atoms with Gasteiger partial charge in [-0.05, 0) is 38.8 Å². The summed E-state index contributed by atoms with van der Waals surface area (Å²) in [6.07, 6.45) is 7.83. The number of aliphatic hydroxyl groups is 1. The fraction of sp³-hybridized carbons (Fsp3) is 0.462. The van der Waals surface area contributed by atoms with Crippen molar-refractivity contribution < 1.29 is 9.84 Å². The van der Waals surface area contributed by atoms with E-state index < -0.39 is 0 Å². The lowest BCUT2D eigenvalue weighted by molar-refractivity contribution is 0.199. The van der Waals surface area contributed by atoms with Crippen molar-refractivity contribution in [3.05, 3.63) is 30.1 Å². The molecule has 0 saturated carbocycles. The van der Waals surface area contributed by atoms with Gasteiger partial charge in [0.25, 0.3) is 0 Å². The van der Waals surface area contributed by atoms with Gasteiger partial charge in [0, 0.05) is 6.20 Å². The van der Waals surface area contributed by atoms with Crippen molar-refractivity contribution >= 4 is 6.08 Å². The van der Waals surface area contributed by atoms with Crippen LogP contribution in [0.4, 0.5) is 0 Å². The molecule has 88 valence electrons. The van der Waals surface area contributed by atoms with Crippen molar-refractivity contribution in [1.82, 2.24) is 4.98 Å². The summed E-state index contributed by atoms with van der Waals surface area (Å²) in [7, 11) is 0. The van der Waals surface area contributed by atoms with Gasteiger partial charge in [-0.25, -0.2) is 0 Å². The largest absolute Gasteiger partial charge is 0.489 e. The van der Waals surface area contributed by atoms with Crippen LogP contribution in [0, 0.1) is 0 Å². The van der Waals surface area contributed by atoms with Gasteiger partial charge in [0.05, 0.1) is 18.4 Å². The summed E-state index contributed by atoms with van der Waals surface area (Å²) in [5.41, 5.74) is 0.985. The van der Waals surface area contributed by atoms with Crippen LogP contribution >= 0.6 is 0 Å². The Labute approximate surface area is 96.8 Å². The third-order valence-electron chi connectivity index (χ3n) is 1.89. The van der Waals surface area contributed by atoms with E-state index in [9.17, 15) is 0 Å². The highest BCUT2D eigenvalue weighted by molar-refractivity contribution is 5.49. The van der Waals surface area contributed by atoms with E-state index in [0.29, 0.717) is 6.42 Å². The number of aromatic nitrogens is 1. The topological polar surface area (TPSA) is 42.4 Å². The van der Waals surface area contributed by atoms with Gasteiger partial charge in [-0.1, -0.05) is 12.2 Å². The van der Waals surface area contributed by atoms with Gasteiger partial charge in [-0.3, -0.25) is 4.98 Å². The highest BCUT2D eigenvalue weighted by Crippen LogP contribution is 2.14. The monoisotopic (exact) mass is 221 g/mol. The van der Waals surface area contributed by atoms with E-state index in [1.54, 1.807) is 19.3 Å². The molecule has 0 spiro atoms. The van der Waals surface area contributed by atoms with Crippen LogP contribution in [0.25, 0.3) is 6.08 Å². The summed E-state index contributed by atoms with van der Waals surface area (Å²) >= 11 is 0. The molecule has 1 rings (SSSR count). The molecule has 3 nitrogen and oxygen atoms in total. The molecule has 1 atom stereocenters. The molecule has 0 radical (unpaired) electrons. The summed E-state index contributed by atoms with van der Waals surface area (Å²) in [4.78, 5) is 4.10. The van der Waals surface area contributed by atoms with Crippen molar-refractivity contribution in [2.45, 2.75) is 39.4 Å². The first kappa shape index (κ1) is 12.7. The molecule has 1 heterocycles. The molecule has 3 heteroatoms. The Bertz CT molecular complexity index is 346. The van der Waals surface area contributed by atoms with Gasteiger partial charge in [0.2, 0.25) is 0 Å². The summed E-state index contributed by atoms with van der Waals surface area (Å²) in [5, 5.41) is 9.11.